The molecule has 0 aliphatic carbocycles. The van der Waals surface area contributed by atoms with Gasteiger partial charge in [0, 0.05) is 6.61 Å². The second-order valence-corrected chi connectivity index (χ2v) is 4.14. The zero-order valence-corrected chi connectivity index (χ0v) is 9.71. The Morgan fingerprint density at radius 1 is 1.12 bits per heavy atom. The van der Waals surface area contributed by atoms with Crippen LogP contribution in [0.2, 0.25) is 0 Å². The molecule has 0 unspecified atom stereocenters. The summed E-state index contributed by atoms with van der Waals surface area (Å²) in [6.07, 6.45) is 0.650. The van der Waals surface area contributed by atoms with Gasteiger partial charge in [0.15, 0.2) is 6.29 Å². The number of ether oxygens (including phenoxy) is 2. The Hall–Kier alpha value is -0.200. The highest BCUT2D eigenvalue weighted by atomic mass is 16.7. The molecule has 0 aromatic rings. The molecule has 0 saturated carbocycles. The highest BCUT2D eigenvalue weighted by molar-refractivity contribution is 4.86. The number of rotatable bonds is 7. The van der Waals surface area contributed by atoms with Crippen molar-refractivity contribution in [2.24, 2.45) is 0 Å². The van der Waals surface area contributed by atoms with Gasteiger partial charge in [0.1, 0.15) is 18.3 Å². The monoisotopic (exact) mass is 234 g/mol. The van der Waals surface area contributed by atoms with E-state index in [4.69, 9.17) is 14.6 Å². The molecule has 1 fully saturated rings. The molecule has 0 spiro atoms. The fourth-order valence-electron chi connectivity index (χ4n) is 1.73. The van der Waals surface area contributed by atoms with E-state index in [0.717, 1.165) is 19.3 Å². The summed E-state index contributed by atoms with van der Waals surface area (Å²) in [6.45, 7) is 2.33. The first-order valence-electron chi connectivity index (χ1n) is 5.94. The molecule has 1 rings (SSSR count). The van der Waals surface area contributed by atoms with Gasteiger partial charge in [-0.15, -0.1) is 0 Å². The third-order valence-corrected chi connectivity index (χ3v) is 2.78. The van der Waals surface area contributed by atoms with Gasteiger partial charge < -0.3 is 24.8 Å². The van der Waals surface area contributed by atoms with Crippen LogP contribution in [0.3, 0.4) is 0 Å². The van der Waals surface area contributed by atoms with E-state index in [0.29, 0.717) is 6.61 Å². The van der Waals surface area contributed by atoms with Crippen LogP contribution in [0.15, 0.2) is 0 Å². The van der Waals surface area contributed by atoms with Crippen molar-refractivity contribution in [2.45, 2.75) is 57.2 Å². The Labute approximate surface area is 96.0 Å². The van der Waals surface area contributed by atoms with E-state index < -0.39 is 24.6 Å². The number of aliphatic hydroxyl groups excluding tert-OH is 3. The lowest BCUT2D eigenvalue weighted by Crippen LogP contribution is -2.34. The molecule has 1 aliphatic rings. The van der Waals surface area contributed by atoms with Crippen LogP contribution >= 0.6 is 0 Å². The molecule has 1 heterocycles. The highest BCUT2D eigenvalue weighted by Crippen LogP contribution is 2.22. The molecule has 1 saturated heterocycles. The van der Waals surface area contributed by atoms with Gasteiger partial charge in [0.05, 0.1) is 6.61 Å². The van der Waals surface area contributed by atoms with Crippen molar-refractivity contribution in [3.63, 3.8) is 0 Å². The summed E-state index contributed by atoms with van der Waals surface area (Å²) >= 11 is 0. The van der Waals surface area contributed by atoms with Gasteiger partial charge in [-0.2, -0.15) is 0 Å². The van der Waals surface area contributed by atoms with Crippen LogP contribution in [-0.2, 0) is 9.47 Å². The normalized spacial score (nSPS) is 34.5. The summed E-state index contributed by atoms with van der Waals surface area (Å²) in [4.78, 5) is 0. The van der Waals surface area contributed by atoms with Gasteiger partial charge >= 0.3 is 0 Å². The summed E-state index contributed by atoms with van der Waals surface area (Å²) in [5.74, 6) is 0. The van der Waals surface area contributed by atoms with Gasteiger partial charge in [-0.3, -0.25) is 0 Å². The van der Waals surface area contributed by atoms with Crippen LogP contribution in [0.5, 0.6) is 0 Å². The lowest BCUT2D eigenvalue weighted by molar-refractivity contribution is -0.169. The predicted octanol–water partition coefficient (Wildman–Crippen LogP) is 0.0223. The highest BCUT2D eigenvalue weighted by Gasteiger charge is 2.42. The number of aliphatic hydroxyl groups is 3. The first kappa shape index (κ1) is 13.9. The SMILES string of the molecule is CCCCCCO[C@H]1O[C@H](CO)[C@@H](O)[C@H]1O. The minimum atomic E-state index is -1.07. The fourth-order valence-corrected chi connectivity index (χ4v) is 1.73. The molecule has 1 aliphatic heterocycles. The summed E-state index contributed by atoms with van der Waals surface area (Å²) in [5.41, 5.74) is 0. The van der Waals surface area contributed by atoms with Crippen molar-refractivity contribution in [1.29, 1.82) is 0 Å². The number of hydrogen-bond donors (Lipinski definition) is 3. The predicted molar refractivity (Wildman–Crippen MR) is 57.9 cm³/mol. The maximum absolute atomic E-state index is 9.55. The van der Waals surface area contributed by atoms with E-state index in [-0.39, 0.29) is 6.61 Å². The molecular weight excluding hydrogens is 212 g/mol. The molecule has 4 atom stereocenters. The Balaban J connectivity index is 2.17. The molecule has 3 N–H and O–H groups in total. The summed E-state index contributed by atoms with van der Waals surface area (Å²) in [7, 11) is 0. The molecule has 5 heteroatoms. The molecule has 0 bridgehead atoms. The van der Waals surface area contributed by atoms with Crippen LogP contribution < -0.4 is 0 Å². The van der Waals surface area contributed by atoms with E-state index in [2.05, 4.69) is 6.92 Å². The average molecular weight is 234 g/mol. The Morgan fingerprint density at radius 2 is 1.88 bits per heavy atom. The summed E-state index contributed by atoms with van der Waals surface area (Å²) in [5, 5.41) is 27.9. The molecule has 5 nitrogen and oxygen atoms in total. The third kappa shape index (κ3) is 3.68. The third-order valence-electron chi connectivity index (χ3n) is 2.78. The zero-order chi connectivity index (χ0) is 12.0. The second-order valence-electron chi connectivity index (χ2n) is 4.14. The Kier molecular flexibility index (Phi) is 6.23. The maximum Gasteiger partial charge on any atom is 0.186 e. The fraction of sp³-hybridized carbons (Fsp3) is 1.00. The standard InChI is InChI=1S/C11H22O5/c1-2-3-4-5-6-15-11-10(14)9(13)8(7-12)16-11/h8-14H,2-7H2,1H3/t8-,9-,10-,11+/m1/s1. The lowest BCUT2D eigenvalue weighted by atomic mass is 10.1. The number of unbranched alkanes of at least 4 members (excludes halogenated alkanes) is 3. The zero-order valence-electron chi connectivity index (χ0n) is 9.71. The minimum absolute atomic E-state index is 0.312. The summed E-state index contributed by atoms with van der Waals surface area (Å²) < 4.78 is 10.5. The van der Waals surface area contributed by atoms with Gasteiger partial charge in [-0.05, 0) is 6.42 Å². The first-order chi connectivity index (χ1) is 7.70. The van der Waals surface area contributed by atoms with Crippen molar-refractivity contribution in [1.82, 2.24) is 0 Å². The van der Waals surface area contributed by atoms with Crippen LogP contribution in [0.1, 0.15) is 32.6 Å². The topological polar surface area (TPSA) is 79.2 Å². The van der Waals surface area contributed by atoms with Gasteiger partial charge in [0.25, 0.3) is 0 Å². The molecular formula is C11H22O5. The van der Waals surface area contributed by atoms with E-state index in [1.165, 1.54) is 6.42 Å². The molecule has 16 heavy (non-hydrogen) atoms. The van der Waals surface area contributed by atoms with E-state index in [9.17, 15) is 10.2 Å². The van der Waals surface area contributed by atoms with E-state index in [1.54, 1.807) is 0 Å². The average Bonchev–Trinajstić information content (AvgIpc) is 2.56. The smallest absolute Gasteiger partial charge is 0.186 e. The Bertz CT molecular complexity index is 187. The molecule has 0 aromatic heterocycles. The maximum atomic E-state index is 9.55. The molecule has 0 radical (unpaired) electrons. The first-order valence-corrected chi connectivity index (χ1v) is 5.94. The Morgan fingerprint density at radius 3 is 2.44 bits per heavy atom. The summed E-state index contributed by atoms with van der Waals surface area (Å²) in [6, 6.07) is 0. The van der Waals surface area contributed by atoms with Crippen molar-refractivity contribution in [3.8, 4) is 0 Å². The van der Waals surface area contributed by atoms with Gasteiger partial charge in [0.2, 0.25) is 0 Å². The molecule has 96 valence electrons. The van der Waals surface area contributed by atoms with E-state index in [1.807, 2.05) is 0 Å². The second kappa shape index (κ2) is 7.19. The van der Waals surface area contributed by atoms with Crippen molar-refractivity contribution >= 4 is 0 Å². The number of hydrogen-bond acceptors (Lipinski definition) is 5. The quantitative estimate of drug-likeness (QED) is 0.541. The minimum Gasteiger partial charge on any atom is -0.394 e. The van der Waals surface area contributed by atoms with Gasteiger partial charge in [-0.1, -0.05) is 26.2 Å². The van der Waals surface area contributed by atoms with Crippen molar-refractivity contribution in [3.05, 3.63) is 0 Å². The van der Waals surface area contributed by atoms with E-state index >= 15 is 0 Å². The molecule has 0 aromatic carbocycles. The molecule has 0 amide bonds. The van der Waals surface area contributed by atoms with Crippen molar-refractivity contribution in [2.75, 3.05) is 13.2 Å². The largest absolute Gasteiger partial charge is 0.394 e. The lowest BCUT2D eigenvalue weighted by Gasteiger charge is -2.15. The van der Waals surface area contributed by atoms with Gasteiger partial charge in [-0.25, -0.2) is 0 Å². The van der Waals surface area contributed by atoms with Crippen LogP contribution in [-0.4, -0.2) is 53.1 Å². The van der Waals surface area contributed by atoms with Crippen LogP contribution in [0.25, 0.3) is 0 Å². The van der Waals surface area contributed by atoms with Crippen LogP contribution in [0, 0.1) is 0 Å². The van der Waals surface area contributed by atoms with Crippen LogP contribution in [0.4, 0.5) is 0 Å². The van der Waals surface area contributed by atoms with Crippen molar-refractivity contribution < 1.29 is 24.8 Å².